The number of nitrogens with zero attached hydrogens (tertiary/aromatic N) is 4. The van der Waals surface area contributed by atoms with Crippen molar-refractivity contribution in [3.8, 4) is 0 Å². The van der Waals surface area contributed by atoms with E-state index in [0.29, 0.717) is 0 Å². The largest absolute Gasteiger partial charge is 0.356 e. The second-order valence-corrected chi connectivity index (χ2v) is 5.03. The fourth-order valence-electron chi connectivity index (χ4n) is 2.17. The highest BCUT2D eigenvalue weighted by Gasteiger charge is 2.09. The Hall–Kier alpha value is -1.78. The Morgan fingerprint density at radius 2 is 2.05 bits per heavy atom. The lowest BCUT2D eigenvalue weighted by atomic mass is 10.2. The van der Waals surface area contributed by atoms with Crippen molar-refractivity contribution < 1.29 is 0 Å². The highest BCUT2D eigenvalue weighted by Crippen LogP contribution is 2.14. The van der Waals surface area contributed by atoms with Gasteiger partial charge < -0.3 is 9.88 Å². The SMILES string of the molecule is CCCCNc1nc(C)cn1Cc1cn(C)nc1C. The van der Waals surface area contributed by atoms with Gasteiger partial charge in [-0.3, -0.25) is 4.68 Å². The number of aromatic nitrogens is 4. The van der Waals surface area contributed by atoms with E-state index in [0.717, 1.165) is 36.8 Å². The summed E-state index contributed by atoms with van der Waals surface area (Å²) in [4.78, 5) is 4.54. The average Bonchev–Trinajstić information content (AvgIpc) is 2.83. The molecule has 0 fully saturated rings. The summed E-state index contributed by atoms with van der Waals surface area (Å²) in [5.41, 5.74) is 3.35. The highest BCUT2D eigenvalue weighted by molar-refractivity contribution is 5.30. The lowest BCUT2D eigenvalue weighted by Gasteiger charge is -2.08. The molecule has 0 radical (unpaired) electrons. The van der Waals surface area contributed by atoms with Crippen LogP contribution in [0.3, 0.4) is 0 Å². The zero-order chi connectivity index (χ0) is 13.8. The first-order chi connectivity index (χ1) is 9.10. The average molecular weight is 261 g/mol. The summed E-state index contributed by atoms with van der Waals surface area (Å²) < 4.78 is 4.02. The zero-order valence-corrected chi connectivity index (χ0v) is 12.3. The van der Waals surface area contributed by atoms with E-state index >= 15 is 0 Å². The van der Waals surface area contributed by atoms with Crippen LogP contribution in [0.1, 0.15) is 36.7 Å². The Balaban J connectivity index is 2.13. The molecule has 2 aromatic rings. The quantitative estimate of drug-likeness (QED) is 0.813. The maximum absolute atomic E-state index is 4.54. The normalized spacial score (nSPS) is 10.9. The number of hydrogen-bond donors (Lipinski definition) is 1. The van der Waals surface area contributed by atoms with Gasteiger partial charge in [-0.25, -0.2) is 4.98 Å². The minimum absolute atomic E-state index is 0.814. The Bertz CT molecular complexity index is 538. The van der Waals surface area contributed by atoms with E-state index in [1.165, 1.54) is 12.0 Å². The molecular formula is C14H23N5. The molecule has 0 saturated carbocycles. The predicted octanol–water partition coefficient (Wildman–Crippen LogP) is 2.49. The van der Waals surface area contributed by atoms with Gasteiger partial charge in [-0.05, 0) is 20.3 Å². The van der Waals surface area contributed by atoms with Crippen LogP contribution in [0.5, 0.6) is 0 Å². The van der Waals surface area contributed by atoms with Crippen LogP contribution < -0.4 is 5.32 Å². The fraction of sp³-hybridized carbons (Fsp3) is 0.571. The summed E-state index contributed by atoms with van der Waals surface area (Å²) in [6.07, 6.45) is 6.51. The molecule has 0 amide bonds. The summed E-state index contributed by atoms with van der Waals surface area (Å²) in [5.74, 6) is 0.953. The van der Waals surface area contributed by atoms with Crippen LogP contribution >= 0.6 is 0 Å². The van der Waals surface area contributed by atoms with Gasteiger partial charge in [-0.15, -0.1) is 0 Å². The van der Waals surface area contributed by atoms with Crippen molar-refractivity contribution in [3.63, 3.8) is 0 Å². The van der Waals surface area contributed by atoms with Crippen molar-refractivity contribution >= 4 is 5.95 Å². The maximum Gasteiger partial charge on any atom is 0.203 e. The minimum atomic E-state index is 0.814. The first-order valence-electron chi connectivity index (χ1n) is 6.87. The third-order valence-electron chi connectivity index (χ3n) is 3.17. The van der Waals surface area contributed by atoms with E-state index in [-0.39, 0.29) is 0 Å². The molecule has 19 heavy (non-hydrogen) atoms. The van der Waals surface area contributed by atoms with Crippen molar-refractivity contribution in [1.29, 1.82) is 0 Å². The Morgan fingerprint density at radius 1 is 1.26 bits per heavy atom. The van der Waals surface area contributed by atoms with E-state index in [1.807, 2.05) is 25.6 Å². The smallest absolute Gasteiger partial charge is 0.203 e. The van der Waals surface area contributed by atoms with Gasteiger partial charge in [0.05, 0.1) is 17.9 Å². The van der Waals surface area contributed by atoms with Gasteiger partial charge in [-0.2, -0.15) is 5.10 Å². The monoisotopic (exact) mass is 261 g/mol. The van der Waals surface area contributed by atoms with Crippen molar-refractivity contribution in [3.05, 3.63) is 29.3 Å². The molecule has 1 N–H and O–H groups in total. The van der Waals surface area contributed by atoms with Gasteiger partial charge in [-0.1, -0.05) is 13.3 Å². The van der Waals surface area contributed by atoms with E-state index in [1.54, 1.807) is 0 Å². The van der Waals surface area contributed by atoms with Gasteiger partial charge in [0.1, 0.15) is 0 Å². The molecular weight excluding hydrogens is 238 g/mol. The third kappa shape index (κ3) is 3.36. The van der Waals surface area contributed by atoms with Crippen LogP contribution in [-0.2, 0) is 13.6 Å². The lowest BCUT2D eigenvalue weighted by Crippen LogP contribution is -2.09. The van der Waals surface area contributed by atoms with Crippen molar-refractivity contribution in [2.75, 3.05) is 11.9 Å². The van der Waals surface area contributed by atoms with Gasteiger partial charge in [0.25, 0.3) is 0 Å². The molecule has 2 rings (SSSR count). The molecule has 0 aliphatic rings. The third-order valence-corrected chi connectivity index (χ3v) is 3.17. The molecule has 0 saturated heterocycles. The lowest BCUT2D eigenvalue weighted by molar-refractivity contribution is 0.755. The molecule has 0 aromatic carbocycles. The number of rotatable bonds is 6. The van der Waals surface area contributed by atoms with E-state index in [9.17, 15) is 0 Å². The maximum atomic E-state index is 4.54. The molecule has 0 aliphatic carbocycles. The van der Waals surface area contributed by atoms with Crippen LogP contribution in [-0.4, -0.2) is 25.9 Å². The molecule has 0 atom stereocenters. The van der Waals surface area contributed by atoms with Crippen LogP contribution in [0, 0.1) is 13.8 Å². The van der Waals surface area contributed by atoms with Crippen molar-refractivity contribution in [2.45, 2.75) is 40.2 Å². The summed E-state index contributed by atoms with van der Waals surface area (Å²) in [6.45, 7) is 8.05. The molecule has 0 aliphatic heterocycles. The van der Waals surface area contributed by atoms with Crippen LogP contribution in [0.15, 0.2) is 12.4 Å². The molecule has 0 bridgehead atoms. The number of aryl methyl sites for hydroxylation is 3. The molecule has 5 nitrogen and oxygen atoms in total. The molecule has 0 spiro atoms. The fourth-order valence-corrected chi connectivity index (χ4v) is 2.17. The number of nitrogens with one attached hydrogen (secondary N) is 1. The Morgan fingerprint density at radius 3 is 2.68 bits per heavy atom. The Kier molecular flexibility index (Phi) is 4.24. The summed E-state index contributed by atoms with van der Waals surface area (Å²) in [6, 6.07) is 0. The standard InChI is InChI=1S/C14H23N5/c1-5-6-7-15-14-16-11(2)8-19(14)10-13-9-18(4)17-12(13)3/h8-9H,5-7,10H2,1-4H3,(H,15,16). The minimum Gasteiger partial charge on any atom is -0.356 e. The first kappa shape index (κ1) is 13.6. The van der Waals surface area contributed by atoms with Crippen molar-refractivity contribution in [1.82, 2.24) is 19.3 Å². The van der Waals surface area contributed by atoms with Crippen LogP contribution in [0.2, 0.25) is 0 Å². The van der Waals surface area contributed by atoms with Gasteiger partial charge in [0.2, 0.25) is 5.95 Å². The van der Waals surface area contributed by atoms with Gasteiger partial charge in [0.15, 0.2) is 0 Å². The molecule has 0 unspecified atom stereocenters. The number of hydrogen-bond acceptors (Lipinski definition) is 3. The highest BCUT2D eigenvalue weighted by atomic mass is 15.3. The summed E-state index contributed by atoms with van der Waals surface area (Å²) >= 11 is 0. The molecule has 2 aromatic heterocycles. The molecule has 104 valence electrons. The zero-order valence-electron chi connectivity index (χ0n) is 12.3. The van der Waals surface area contributed by atoms with Gasteiger partial charge >= 0.3 is 0 Å². The first-order valence-corrected chi connectivity index (χ1v) is 6.87. The summed E-state index contributed by atoms with van der Waals surface area (Å²) in [5, 5.41) is 7.79. The summed E-state index contributed by atoms with van der Waals surface area (Å²) in [7, 11) is 1.95. The van der Waals surface area contributed by atoms with Gasteiger partial charge in [0, 0.05) is 31.5 Å². The number of anilines is 1. The van der Waals surface area contributed by atoms with E-state index in [2.05, 4.69) is 39.3 Å². The molecule has 5 heteroatoms. The van der Waals surface area contributed by atoms with Crippen LogP contribution in [0.25, 0.3) is 0 Å². The second kappa shape index (κ2) is 5.91. The number of imidazole rings is 1. The van der Waals surface area contributed by atoms with E-state index in [4.69, 9.17) is 0 Å². The van der Waals surface area contributed by atoms with Crippen LogP contribution in [0.4, 0.5) is 5.95 Å². The van der Waals surface area contributed by atoms with E-state index < -0.39 is 0 Å². The predicted molar refractivity (Wildman–Crippen MR) is 77.4 cm³/mol. The Labute approximate surface area is 114 Å². The topological polar surface area (TPSA) is 47.7 Å². The second-order valence-electron chi connectivity index (χ2n) is 5.03. The van der Waals surface area contributed by atoms with Crippen molar-refractivity contribution in [2.24, 2.45) is 7.05 Å². The number of unbranched alkanes of at least 4 members (excludes halogenated alkanes) is 1. The molecule has 2 heterocycles.